The maximum atomic E-state index is 6.03. The molecule has 16 heavy (non-hydrogen) atoms. The van der Waals surface area contributed by atoms with E-state index in [0.717, 1.165) is 5.69 Å². The fourth-order valence-corrected chi connectivity index (χ4v) is 1.54. The van der Waals surface area contributed by atoms with Crippen molar-refractivity contribution in [2.45, 2.75) is 13.0 Å². The van der Waals surface area contributed by atoms with Gasteiger partial charge in [0.2, 0.25) is 0 Å². The van der Waals surface area contributed by atoms with Crippen LogP contribution in [0, 0.1) is 0 Å². The molecule has 4 nitrogen and oxygen atoms in total. The zero-order valence-electron chi connectivity index (χ0n) is 9.71. The Labute approximate surface area is 101 Å². The van der Waals surface area contributed by atoms with Gasteiger partial charge in [-0.2, -0.15) is 0 Å². The van der Waals surface area contributed by atoms with Crippen molar-refractivity contribution < 1.29 is 9.47 Å². The zero-order valence-corrected chi connectivity index (χ0v) is 10.5. The van der Waals surface area contributed by atoms with Gasteiger partial charge in [-0.05, 0) is 13.0 Å². The lowest BCUT2D eigenvalue weighted by molar-refractivity contribution is 0.395. The largest absolute Gasteiger partial charge is 0.495 e. The molecule has 0 saturated carbocycles. The summed E-state index contributed by atoms with van der Waals surface area (Å²) in [6.45, 7) is 2.52. The van der Waals surface area contributed by atoms with Crippen LogP contribution >= 0.6 is 11.6 Å². The van der Waals surface area contributed by atoms with Gasteiger partial charge in [-0.15, -0.1) is 0 Å². The second kappa shape index (κ2) is 5.82. The molecule has 0 spiro atoms. The highest BCUT2D eigenvalue weighted by Gasteiger charge is 2.11. The predicted octanol–water partition coefficient (Wildman–Crippen LogP) is 2.12. The molecular formula is C11H17ClN2O2. The number of ether oxygens (including phenoxy) is 2. The van der Waals surface area contributed by atoms with Crippen molar-refractivity contribution in [3.63, 3.8) is 0 Å². The summed E-state index contributed by atoms with van der Waals surface area (Å²) < 4.78 is 10.4. The third-order valence-electron chi connectivity index (χ3n) is 2.23. The Morgan fingerprint density at radius 1 is 1.31 bits per heavy atom. The van der Waals surface area contributed by atoms with Crippen molar-refractivity contribution in [1.29, 1.82) is 0 Å². The predicted molar refractivity (Wildman–Crippen MR) is 66.7 cm³/mol. The van der Waals surface area contributed by atoms with Crippen molar-refractivity contribution in [1.82, 2.24) is 0 Å². The van der Waals surface area contributed by atoms with Crippen molar-refractivity contribution in [2.24, 2.45) is 5.73 Å². The van der Waals surface area contributed by atoms with Gasteiger partial charge in [0.05, 0.1) is 24.9 Å². The van der Waals surface area contributed by atoms with Gasteiger partial charge in [-0.3, -0.25) is 0 Å². The summed E-state index contributed by atoms with van der Waals surface area (Å²) in [4.78, 5) is 0. The first-order valence-corrected chi connectivity index (χ1v) is 5.38. The number of nitrogens with two attached hydrogens (primary N) is 1. The lowest BCUT2D eigenvalue weighted by Gasteiger charge is -2.17. The lowest BCUT2D eigenvalue weighted by Crippen LogP contribution is -2.25. The minimum atomic E-state index is 0.151. The van der Waals surface area contributed by atoms with Crippen LogP contribution in [-0.4, -0.2) is 26.8 Å². The Kier molecular flexibility index (Phi) is 4.71. The normalized spacial score (nSPS) is 12.1. The molecule has 0 bridgehead atoms. The summed E-state index contributed by atoms with van der Waals surface area (Å²) in [6.07, 6.45) is 0. The standard InChI is InChI=1S/C11H17ClN2O2/c1-7(6-13)14-9-4-8(12)10(15-2)5-11(9)16-3/h4-5,7,14H,6,13H2,1-3H3. The number of methoxy groups -OCH3 is 2. The van der Waals surface area contributed by atoms with E-state index < -0.39 is 0 Å². The Balaban J connectivity index is 3.03. The fourth-order valence-electron chi connectivity index (χ4n) is 1.30. The molecule has 0 aliphatic rings. The average Bonchev–Trinajstić information content (AvgIpc) is 2.29. The average molecular weight is 245 g/mol. The van der Waals surface area contributed by atoms with Gasteiger partial charge in [0.15, 0.2) is 0 Å². The van der Waals surface area contributed by atoms with Crippen LogP contribution in [-0.2, 0) is 0 Å². The highest BCUT2D eigenvalue weighted by Crippen LogP contribution is 2.36. The van der Waals surface area contributed by atoms with Crippen LogP contribution < -0.4 is 20.5 Å². The van der Waals surface area contributed by atoms with Gasteiger partial charge in [-0.25, -0.2) is 0 Å². The summed E-state index contributed by atoms with van der Waals surface area (Å²) >= 11 is 6.03. The minimum Gasteiger partial charge on any atom is -0.495 e. The van der Waals surface area contributed by atoms with Gasteiger partial charge >= 0.3 is 0 Å². The number of anilines is 1. The fraction of sp³-hybridized carbons (Fsp3) is 0.455. The van der Waals surface area contributed by atoms with E-state index in [0.29, 0.717) is 23.1 Å². The monoisotopic (exact) mass is 244 g/mol. The number of nitrogens with one attached hydrogen (secondary N) is 1. The maximum Gasteiger partial charge on any atom is 0.145 e. The first kappa shape index (κ1) is 12.9. The van der Waals surface area contributed by atoms with Crippen LogP contribution in [0.4, 0.5) is 5.69 Å². The second-order valence-electron chi connectivity index (χ2n) is 3.47. The van der Waals surface area contributed by atoms with Crippen LogP contribution in [0.25, 0.3) is 0 Å². The van der Waals surface area contributed by atoms with Crippen LogP contribution in [0.5, 0.6) is 11.5 Å². The van der Waals surface area contributed by atoms with Crippen molar-refractivity contribution >= 4 is 17.3 Å². The van der Waals surface area contributed by atoms with Crippen LogP contribution in [0.15, 0.2) is 12.1 Å². The van der Waals surface area contributed by atoms with Gasteiger partial charge in [0, 0.05) is 18.7 Å². The molecule has 0 fully saturated rings. The van der Waals surface area contributed by atoms with Crippen molar-refractivity contribution in [2.75, 3.05) is 26.1 Å². The molecule has 0 aliphatic heterocycles. The summed E-state index contributed by atoms with van der Waals surface area (Å²) in [5, 5.41) is 3.75. The molecule has 3 N–H and O–H groups in total. The third-order valence-corrected chi connectivity index (χ3v) is 2.52. The molecule has 5 heteroatoms. The van der Waals surface area contributed by atoms with Crippen molar-refractivity contribution in [3.05, 3.63) is 17.2 Å². The third kappa shape index (κ3) is 2.93. The Morgan fingerprint density at radius 3 is 2.44 bits per heavy atom. The van der Waals surface area contributed by atoms with Crippen LogP contribution in [0.3, 0.4) is 0 Å². The second-order valence-corrected chi connectivity index (χ2v) is 3.88. The van der Waals surface area contributed by atoms with Crippen LogP contribution in [0.2, 0.25) is 5.02 Å². The molecule has 1 aromatic carbocycles. The number of halogens is 1. The van der Waals surface area contributed by atoms with Gasteiger partial charge < -0.3 is 20.5 Å². The Bertz CT molecular complexity index is 358. The minimum absolute atomic E-state index is 0.151. The number of hydrogen-bond acceptors (Lipinski definition) is 4. The molecule has 0 heterocycles. The summed E-state index contributed by atoms with van der Waals surface area (Å²) in [5.41, 5.74) is 6.36. The quantitative estimate of drug-likeness (QED) is 0.833. The van der Waals surface area contributed by atoms with E-state index in [9.17, 15) is 0 Å². The first-order valence-electron chi connectivity index (χ1n) is 5.00. The molecule has 1 rings (SSSR count). The molecule has 0 aromatic heterocycles. The van der Waals surface area contributed by atoms with E-state index in [1.54, 1.807) is 26.4 Å². The number of rotatable bonds is 5. The van der Waals surface area contributed by atoms with Crippen LogP contribution in [0.1, 0.15) is 6.92 Å². The van der Waals surface area contributed by atoms with E-state index in [-0.39, 0.29) is 6.04 Å². The molecule has 0 amide bonds. The number of benzene rings is 1. The van der Waals surface area contributed by atoms with E-state index in [1.807, 2.05) is 6.92 Å². The zero-order chi connectivity index (χ0) is 12.1. The first-order chi connectivity index (χ1) is 7.62. The molecule has 0 aliphatic carbocycles. The van der Waals surface area contributed by atoms with Gasteiger partial charge in [0.1, 0.15) is 11.5 Å². The summed E-state index contributed by atoms with van der Waals surface area (Å²) in [5.74, 6) is 1.27. The maximum absolute atomic E-state index is 6.03. The SMILES string of the molecule is COc1cc(OC)c(NC(C)CN)cc1Cl. The molecule has 1 unspecified atom stereocenters. The van der Waals surface area contributed by atoms with E-state index in [2.05, 4.69) is 5.32 Å². The highest BCUT2D eigenvalue weighted by molar-refractivity contribution is 6.32. The van der Waals surface area contributed by atoms with Gasteiger partial charge in [0.25, 0.3) is 0 Å². The van der Waals surface area contributed by atoms with Gasteiger partial charge in [-0.1, -0.05) is 11.6 Å². The topological polar surface area (TPSA) is 56.5 Å². The van der Waals surface area contributed by atoms with E-state index in [4.69, 9.17) is 26.8 Å². The van der Waals surface area contributed by atoms with E-state index in [1.165, 1.54) is 0 Å². The molecule has 1 aromatic rings. The Hall–Kier alpha value is -1.13. The lowest BCUT2D eigenvalue weighted by atomic mass is 10.2. The molecule has 0 saturated heterocycles. The Morgan fingerprint density at radius 2 is 1.94 bits per heavy atom. The highest BCUT2D eigenvalue weighted by atomic mass is 35.5. The van der Waals surface area contributed by atoms with Crippen molar-refractivity contribution in [3.8, 4) is 11.5 Å². The molecule has 0 radical (unpaired) electrons. The van der Waals surface area contributed by atoms with E-state index >= 15 is 0 Å². The summed E-state index contributed by atoms with van der Waals surface area (Å²) in [7, 11) is 3.16. The summed E-state index contributed by atoms with van der Waals surface area (Å²) in [6, 6.07) is 3.66. The molecule has 1 atom stereocenters. The molecule has 90 valence electrons. The number of hydrogen-bond donors (Lipinski definition) is 2. The smallest absolute Gasteiger partial charge is 0.145 e. The molecular weight excluding hydrogens is 228 g/mol.